The van der Waals surface area contributed by atoms with E-state index in [1.807, 2.05) is 26.0 Å². The van der Waals surface area contributed by atoms with Crippen LogP contribution in [0.5, 0.6) is 5.88 Å². The van der Waals surface area contributed by atoms with Crippen LogP contribution in [0.2, 0.25) is 0 Å². The first-order valence-electron chi connectivity index (χ1n) is 3.92. The molecule has 0 aromatic carbocycles. The van der Waals surface area contributed by atoms with Crippen LogP contribution in [0, 0.1) is 5.92 Å². The van der Waals surface area contributed by atoms with Crippen molar-refractivity contribution in [3.8, 4) is 5.88 Å². The van der Waals surface area contributed by atoms with E-state index in [1.54, 1.807) is 12.3 Å². The number of rotatable bonds is 3. The molecule has 3 heteroatoms. The van der Waals surface area contributed by atoms with Crippen molar-refractivity contribution in [3.63, 3.8) is 0 Å². The summed E-state index contributed by atoms with van der Waals surface area (Å²) >= 11 is 5.89. The van der Waals surface area contributed by atoms with Gasteiger partial charge in [-0.3, -0.25) is 0 Å². The minimum atomic E-state index is -0.306. The molecule has 66 valence electrons. The zero-order valence-electron chi connectivity index (χ0n) is 7.20. The average molecular weight is 186 g/mol. The zero-order chi connectivity index (χ0) is 8.97. The Bertz CT molecular complexity index is 225. The zero-order valence-corrected chi connectivity index (χ0v) is 7.95. The molecule has 0 aliphatic heterocycles. The molecule has 1 heterocycles. The van der Waals surface area contributed by atoms with Crippen molar-refractivity contribution in [2.45, 2.75) is 19.4 Å². The lowest BCUT2D eigenvalue weighted by Gasteiger charge is -2.14. The summed E-state index contributed by atoms with van der Waals surface area (Å²) in [4.78, 5) is 3.99. The average Bonchev–Trinajstić information content (AvgIpc) is 2.06. The molecule has 1 rings (SSSR count). The summed E-state index contributed by atoms with van der Waals surface area (Å²) in [5, 5.41) is 0. The molecule has 1 aromatic rings. The third-order valence-electron chi connectivity index (χ3n) is 1.40. The fourth-order valence-electron chi connectivity index (χ4n) is 0.668. The predicted octanol–water partition coefficient (Wildman–Crippen LogP) is 2.68. The SMILES string of the molecule is CC(C)C(Cl)Oc1ccccn1. The third-order valence-corrected chi connectivity index (χ3v) is 1.99. The molecule has 12 heavy (non-hydrogen) atoms. The summed E-state index contributed by atoms with van der Waals surface area (Å²) in [6.07, 6.45) is 1.68. The molecule has 0 saturated heterocycles. The molecule has 0 amide bonds. The number of nitrogens with zero attached hydrogens (tertiary/aromatic N) is 1. The second-order valence-corrected chi connectivity index (χ2v) is 3.31. The molecule has 0 fully saturated rings. The molecule has 1 unspecified atom stereocenters. The van der Waals surface area contributed by atoms with Gasteiger partial charge in [0.05, 0.1) is 0 Å². The molecule has 0 N–H and O–H groups in total. The Morgan fingerprint density at radius 2 is 2.17 bits per heavy atom. The van der Waals surface area contributed by atoms with E-state index in [0.717, 1.165) is 0 Å². The third kappa shape index (κ3) is 2.70. The topological polar surface area (TPSA) is 22.1 Å². The molecule has 0 spiro atoms. The number of pyridine rings is 1. The first kappa shape index (κ1) is 9.33. The van der Waals surface area contributed by atoms with E-state index in [-0.39, 0.29) is 11.5 Å². The van der Waals surface area contributed by atoms with Crippen LogP contribution >= 0.6 is 11.6 Å². The maximum Gasteiger partial charge on any atom is 0.214 e. The number of halogens is 1. The highest BCUT2D eigenvalue weighted by molar-refractivity contribution is 6.20. The van der Waals surface area contributed by atoms with Gasteiger partial charge in [-0.25, -0.2) is 4.98 Å². The van der Waals surface area contributed by atoms with Gasteiger partial charge in [-0.15, -0.1) is 0 Å². The van der Waals surface area contributed by atoms with Crippen LogP contribution in [0.1, 0.15) is 13.8 Å². The maximum absolute atomic E-state index is 5.89. The Balaban J connectivity index is 2.53. The van der Waals surface area contributed by atoms with E-state index in [9.17, 15) is 0 Å². The first-order chi connectivity index (χ1) is 5.70. The van der Waals surface area contributed by atoms with E-state index in [2.05, 4.69) is 4.98 Å². The number of aromatic nitrogens is 1. The molecule has 2 nitrogen and oxygen atoms in total. The monoisotopic (exact) mass is 185 g/mol. The molecular formula is C9H12ClNO. The van der Waals surface area contributed by atoms with Crippen LogP contribution < -0.4 is 4.74 Å². The van der Waals surface area contributed by atoms with Gasteiger partial charge in [0.1, 0.15) is 0 Å². The molecule has 0 bridgehead atoms. The van der Waals surface area contributed by atoms with E-state index in [0.29, 0.717) is 5.88 Å². The normalized spacial score (nSPS) is 13.0. The largest absolute Gasteiger partial charge is 0.458 e. The highest BCUT2D eigenvalue weighted by Gasteiger charge is 2.10. The van der Waals surface area contributed by atoms with Gasteiger partial charge in [-0.2, -0.15) is 0 Å². The number of ether oxygens (including phenoxy) is 1. The Morgan fingerprint density at radius 3 is 2.67 bits per heavy atom. The summed E-state index contributed by atoms with van der Waals surface area (Å²) in [7, 11) is 0. The van der Waals surface area contributed by atoms with Crippen LogP contribution in [0.4, 0.5) is 0 Å². The van der Waals surface area contributed by atoms with Crippen LogP contribution in [0.25, 0.3) is 0 Å². The quantitative estimate of drug-likeness (QED) is 0.676. The fourth-order valence-corrected chi connectivity index (χ4v) is 0.760. The van der Waals surface area contributed by atoms with E-state index < -0.39 is 0 Å². The van der Waals surface area contributed by atoms with Crippen molar-refractivity contribution in [2.24, 2.45) is 5.92 Å². The fraction of sp³-hybridized carbons (Fsp3) is 0.444. The Morgan fingerprint density at radius 1 is 1.42 bits per heavy atom. The summed E-state index contributed by atoms with van der Waals surface area (Å²) in [5.74, 6) is 0.861. The van der Waals surface area contributed by atoms with Gasteiger partial charge >= 0.3 is 0 Å². The Labute approximate surface area is 77.5 Å². The number of hydrogen-bond acceptors (Lipinski definition) is 2. The van der Waals surface area contributed by atoms with Gasteiger partial charge in [0.15, 0.2) is 5.56 Å². The lowest BCUT2D eigenvalue weighted by molar-refractivity contribution is 0.221. The summed E-state index contributed by atoms with van der Waals surface area (Å²) in [6.45, 7) is 4.00. The molecule has 1 atom stereocenters. The van der Waals surface area contributed by atoms with Gasteiger partial charge in [-0.05, 0) is 6.07 Å². The van der Waals surface area contributed by atoms with E-state index in [4.69, 9.17) is 16.3 Å². The van der Waals surface area contributed by atoms with Crippen molar-refractivity contribution >= 4 is 11.6 Å². The van der Waals surface area contributed by atoms with Crippen molar-refractivity contribution in [1.29, 1.82) is 0 Å². The predicted molar refractivity (Wildman–Crippen MR) is 49.3 cm³/mol. The van der Waals surface area contributed by atoms with Crippen LogP contribution in [0.3, 0.4) is 0 Å². The number of alkyl halides is 1. The smallest absolute Gasteiger partial charge is 0.214 e. The van der Waals surface area contributed by atoms with E-state index in [1.165, 1.54) is 0 Å². The molecule has 0 aliphatic carbocycles. The lowest BCUT2D eigenvalue weighted by Crippen LogP contribution is -2.16. The van der Waals surface area contributed by atoms with Crippen LogP contribution in [-0.2, 0) is 0 Å². The summed E-state index contributed by atoms with van der Waals surface area (Å²) in [6, 6.07) is 5.50. The van der Waals surface area contributed by atoms with Gasteiger partial charge < -0.3 is 4.74 Å². The van der Waals surface area contributed by atoms with Gasteiger partial charge in [-0.1, -0.05) is 31.5 Å². The summed E-state index contributed by atoms with van der Waals surface area (Å²) in [5.41, 5.74) is -0.306. The first-order valence-corrected chi connectivity index (χ1v) is 4.35. The van der Waals surface area contributed by atoms with Gasteiger partial charge in [0.2, 0.25) is 5.88 Å². The second-order valence-electron chi connectivity index (χ2n) is 2.88. The van der Waals surface area contributed by atoms with Crippen molar-refractivity contribution in [1.82, 2.24) is 4.98 Å². The standard InChI is InChI=1S/C9H12ClNO/c1-7(2)9(10)12-8-5-3-4-6-11-8/h3-7,9H,1-2H3. The second kappa shape index (κ2) is 4.31. The maximum atomic E-state index is 5.89. The van der Waals surface area contributed by atoms with Crippen LogP contribution in [0.15, 0.2) is 24.4 Å². The van der Waals surface area contributed by atoms with Crippen LogP contribution in [-0.4, -0.2) is 10.5 Å². The Hall–Kier alpha value is -0.760. The minimum absolute atomic E-state index is 0.286. The number of hydrogen-bond donors (Lipinski definition) is 0. The highest BCUT2D eigenvalue weighted by atomic mass is 35.5. The summed E-state index contributed by atoms with van der Waals surface area (Å²) < 4.78 is 5.33. The Kier molecular flexibility index (Phi) is 3.35. The minimum Gasteiger partial charge on any atom is -0.458 e. The molecule has 0 aliphatic rings. The van der Waals surface area contributed by atoms with Crippen molar-refractivity contribution in [2.75, 3.05) is 0 Å². The van der Waals surface area contributed by atoms with Crippen molar-refractivity contribution < 1.29 is 4.74 Å². The van der Waals surface area contributed by atoms with Gasteiger partial charge in [0.25, 0.3) is 0 Å². The highest BCUT2D eigenvalue weighted by Crippen LogP contribution is 2.14. The molecule has 1 aromatic heterocycles. The molecule has 0 saturated carbocycles. The lowest BCUT2D eigenvalue weighted by atomic mass is 10.2. The van der Waals surface area contributed by atoms with Gasteiger partial charge in [0, 0.05) is 18.2 Å². The van der Waals surface area contributed by atoms with Crippen molar-refractivity contribution in [3.05, 3.63) is 24.4 Å². The molecular weight excluding hydrogens is 174 g/mol. The van der Waals surface area contributed by atoms with E-state index >= 15 is 0 Å². The molecule has 0 radical (unpaired) electrons.